The van der Waals surface area contributed by atoms with Gasteiger partial charge in [-0.25, -0.2) is 0 Å². The molecule has 2 nitrogen and oxygen atoms in total. The molecule has 0 saturated heterocycles. The van der Waals surface area contributed by atoms with Crippen LogP contribution in [0.5, 0.6) is 0 Å². The zero-order valence-electron chi connectivity index (χ0n) is 9.81. The normalized spacial score (nSPS) is 9.76. The molecule has 0 bridgehead atoms. The van der Waals surface area contributed by atoms with E-state index in [2.05, 4.69) is 6.07 Å². The molecule has 1 aromatic rings. The number of aliphatic carboxylic acids is 1. The molecule has 1 aromatic carbocycles. The molecule has 0 N–H and O–H groups in total. The molecule has 0 fully saturated rings. The van der Waals surface area contributed by atoms with Gasteiger partial charge in [0.2, 0.25) is 0 Å². The first-order chi connectivity index (χ1) is 7.12. The molecule has 91 valence electrons. The van der Waals surface area contributed by atoms with Gasteiger partial charge in [0, 0.05) is 42.0 Å². The van der Waals surface area contributed by atoms with Crippen molar-refractivity contribution in [3.8, 4) is 0 Å². The van der Waals surface area contributed by atoms with Crippen LogP contribution in [0.25, 0.3) is 0 Å². The summed E-state index contributed by atoms with van der Waals surface area (Å²) in [6, 6.07) is 5.81. The summed E-state index contributed by atoms with van der Waals surface area (Å²) in [5.41, 5.74) is -0.694. The molecule has 17 heavy (non-hydrogen) atoms. The number of rotatable bonds is 0. The molecule has 1 radical (unpaired) electrons. The van der Waals surface area contributed by atoms with Crippen LogP contribution in [0, 0.1) is 11.5 Å². The van der Waals surface area contributed by atoms with Crippen LogP contribution >= 0.6 is 34.8 Å². The molecule has 0 amide bonds. The van der Waals surface area contributed by atoms with Gasteiger partial charge in [0.15, 0.2) is 0 Å². The number of benzene rings is 1. The maximum atomic E-state index is 9.91. The summed E-state index contributed by atoms with van der Waals surface area (Å²) in [6.07, 6.45) is 0. The minimum atomic E-state index is -1.01. The van der Waals surface area contributed by atoms with Gasteiger partial charge in [-0.15, -0.1) is 0 Å². The number of hydrogen-bond acceptors (Lipinski definition) is 2. The van der Waals surface area contributed by atoms with Crippen LogP contribution < -0.4 is 5.11 Å². The molecule has 0 atom stereocenters. The summed E-state index contributed by atoms with van der Waals surface area (Å²) in [5.74, 6) is -1.01. The second kappa shape index (κ2) is 8.31. The van der Waals surface area contributed by atoms with Crippen molar-refractivity contribution in [1.82, 2.24) is 0 Å². The maximum absolute atomic E-state index is 9.91. The Balaban J connectivity index is 0. The molecule has 0 aliphatic carbocycles. The van der Waals surface area contributed by atoms with Gasteiger partial charge in [-0.2, -0.15) is 0 Å². The Hall–Kier alpha value is 0.183. The Morgan fingerprint density at radius 1 is 1.18 bits per heavy atom. The van der Waals surface area contributed by atoms with Crippen LogP contribution in [-0.4, -0.2) is 5.97 Å². The molecule has 0 aromatic heterocycles. The fraction of sp³-hybridized carbons (Fsp3) is 0.364. The van der Waals surface area contributed by atoms with Crippen LogP contribution in [0.3, 0.4) is 0 Å². The Labute approximate surface area is 129 Å². The van der Waals surface area contributed by atoms with Crippen molar-refractivity contribution in [2.45, 2.75) is 20.8 Å². The number of halogens is 3. The van der Waals surface area contributed by atoms with Gasteiger partial charge in [-0.05, 0) is 12.1 Å². The molecule has 0 unspecified atom stereocenters. The minimum absolute atomic E-state index is 0. The van der Waals surface area contributed by atoms with Crippen LogP contribution in [0.1, 0.15) is 20.8 Å². The van der Waals surface area contributed by atoms with Crippen LogP contribution in [0.4, 0.5) is 0 Å². The summed E-state index contributed by atoms with van der Waals surface area (Å²) in [4.78, 5) is 9.91. The van der Waals surface area contributed by atoms with Gasteiger partial charge in [0.25, 0.3) is 0 Å². The Bertz CT molecular complexity index is 325. The van der Waals surface area contributed by atoms with Gasteiger partial charge in [-0.3, -0.25) is 0 Å². The molecular formula is C11H11Cl3O2Zn-. The van der Waals surface area contributed by atoms with Crippen molar-refractivity contribution < 1.29 is 29.4 Å². The topological polar surface area (TPSA) is 40.1 Å². The van der Waals surface area contributed by atoms with Crippen molar-refractivity contribution in [2.75, 3.05) is 0 Å². The number of carboxylic acids is 1. The zero-order valence-corrected chi connectivity index (χ0v) is 15.0. The van der Waals surface area contributed by atoms with E-state index < -0.39 is 11.4 Å². The van der Waals surface area contributed by atoms with Crippen molar-refractivity contribution in [3.05, 3.63) is 33.3 Å². The SMILES string of the molecule is CC(C)(C)C(=O)[O-].Clc1[c]c(Cl)cc(Cl)c1.[Zn]. The largest absolute Gasteiger partial charge is 0.550 e. The van der Waals surface area contributed by atoms with Crippen molar-refractivity contribution in [1.29, 1.82) is 0 Å². The van der Waals surface area contributed by atoms with E-state index in [0.29, 0.717) is 15.1 Å². The van der Waals surface area contributed by atoms with E-state index in [1.54, 1.807) is 32.9 Å². The van der Waals surface area contributed by atoms with Gasteiger partial charge in [-0.1, -0.05) is 55.6 Å². The monoisotopic (exact) mass is 344 g/mol. The number of hydrogen-bond donors (Lipinski definition) is 0. The number of carbonyl (C=O) groups is 1. The zero-order chi connectivity index (χ0) is 12.9. The van der Waals surface area contributed by atoms with Crippen LogP contribution in [0.15, 0.2) is 12.1 Å². The molecule has 0 saturated carbocycles. The van der Waals surface area contributed by atoms with Gasteiger partial charge in [0.05, 0.1) is 10.0 Å². The maximum Gasteiger partial charge on any atom is 0.0515 e. The minimum Gasteiger partial charge on any atom is -0.550 e. The van der Waals surface area contributed by atoms with E-state index in [9.17, 15) is 9.90 Å². The molecule has 0 aliphatic rings. The average Bonchev–Trinajstić information content (AvgIpc) is 1.99. The first kappa shape index (κ1) is 19.5. The Morgan fingerprint density at radius 3 is 1.65 bits per heavy atom. The van der Waals surface area contributed by atoms with E-state index in [1.165, 1.54) is 0 Å². The second-order valence-electron chi connectivity index (χ2n) is 4.03. The van der Waals surface area contributed by atoms with E-state index in [4.69, 9.17) is 34.8 Å². The predicted molar refractivity (Wildman–Crippen MR) is 64.8 cm³/mol. The Morgan fingerprint density at radius 2 is 1.47 bits per heavy atom. The first-order valence-corrected chi connectivity index (χ1v) is 5.51. The fourth-order valence-corrected chi connectivity index (χ4v) is 1.29. The fourth-order valence-electron chi connectivity index (χ4n) is 0.470. The van der Waals surface area contributed by atoms with E-state index in [-0.39, 0.29) is 19.5 Å². The predicted octanol–water partition coefficient (Wildman–Crippen LogP) is 3.23. The number of carboxylic acid groups (broad SMARTS) is 1. The molecule has 0 heterocycles. The summed E-state index contributed by atoms with van der Waals surface area (Å²) in [7, 11) is 0. The van der Waals surface area contributed by atoms with E-state index in [0.717, 1.165) is 0 Å². The summed E-state index contributed by atoms with van der Waals surface area (Å²) in [6.45, 7) is 4.80. The summed E-state index contributed by atoms with van der Waals surface area (Å²) >= 11 is 16.6. The second-order valence-corrected chi connectivity index (χ2v) is 5.28. The standard InChI is InChI=1S/C6H2Cl3.C5H10O2.Zn/c7-4-1-5(8)3-6(9)2-4;1-5(2,3)4(6)7;/h1-2H;1-3H3,(H,6,7);/p-1. The third kappa shape index (κ3) is 9.85. The van der Waals surface area contributed by atoms with Gasteiger partial charge < -0.3 is 9.90 Å². The molecule has 0 spiro atoms. The molecule has 0 aliphatic heterocycles. The summed E-state index contributed by atoms with van der Waals surface area (Å²) < 4.78 is 0. The van der Waals surface area contributed by atoms with Crippen molar-refractivity contribution >= 4 is 40.8 Å². The first-order valence-electron chi connectivity index (χ1n) is 4.38. The quantitative estimate of drug-likeness (QED) is 0.677. The van der Waals surface area contributed by atoms with E-state index in [1.807, 2.05) is 0 Å². The van der Waals surface area contributed by atoms with Crippen molar-refractivity contribution in [3.63, 3.8) is 0 Å². The average molecular weight is 347 g/mol. The van der Waals surface area contributed by atoms with Gasteiger partial charge in [0.1, 0.15) is 0 Å². The number of carbonyl (C=O) groups excluding carboxylic acids is 1. The van der Waals surface area contributed by atoms with Crippen molar-refractivity contribution in [2.24, 2.45) is 5.41 Å². The Kier molecular flexibility index (Phi) is 9.55. The van der Waals surface area contributed by atoms with Crippen LogP contribution in [0.2, 0.25) is 15.1 Å². The van der Waals surface area contributed by atoms with E-state index >= 15 is 0 Å². The molecule has 6 heteroatoms. The smallest absolute Gasteiger partial charge is 0.0515 e. The van der Waals surface area contributed by atoms with Crippen LogP contribution in [-0.2, 0) is 24.3 Å². The third-order valence-corrected chi connectivity index (χ3v) is 2.01. The van der Waals surface area contributed by atoms with Gasteiger partial charge >= 0.3 is 0 Å². The molecule has 1 rings (SSSR count). The summed E-state index contributed by atoms with van der Waals surface area (Å²) in [5, 5.41) is 11.3. The molecular weight excluding hydrogens is 336 g/mol. The third-order valence-electron chi connectivity index (χ3n) is 1.38.